The van der Waals surface area contributed by atoms with Crippen LogP contribution in [0.5, 0.6) is 0 Å². The average molecular weight is 264 g/mol. The molecular formula is C14H20N2O3. The minimum Gasteiger partial charge on any atom is -0.456 e. The van der Waals surface area contributed by atoms with Gasteiger partial charge in [-0.15, -0.1) is 0 Å². The van der Waals surface area contributed by atoms with Crippen molar-refractivity contribution >= 4 is 11.9 Å². The molecular weight excluding hydrogens is 244 g/mol. The summed E-state index contributed by atoms with van der Waals surface area (Å²) in [5.74, 6) is -0.124. The van der Waals surface area contributed by atoms with E-state index in [1.807, 2.05) is 0 Å². The third-order valence-corrected chi connectivity index (χ3v) is 4.91. The number of carbonyl (C=O) groups excluding carboxylic acids is 2. The van der Waals surface area contributed by atoms with Gasteiger partial charge in [0, 0.05) is 12.6 Å². The van der Waals surface area contributed by atoms with Crippen LogP contribution in [0.1, 0.15) is 39.0 Å². The lowest BCUT2D eigenvalue weighted by atomic mass is 9.71. The van der Waals surface area contributed by atoms with Gasteiger partial charge < -0.3 is 15.4 Å². The van der Waals surface area contributed by atoms with E-state index in [2.05, 4.69) is 0 Å². The molecule has 2 fully saturated rings. The summed E-state index contributed by atoms with van der Waals surface area (Å²) >= 11 is 0. The predicted octanol–water partition coefficient (Wildman–Crippen LogP) is 0.937. The summed E-state index contributed by atoms with van der Waals surface area (Å²) in [5.41, 5.74) is 7.05. The number of nitrogens with zero attached hydrogens (tertiary/aromatic N) is 1. The van der Waals surface area contributed by atoms with Gasteiger partial charge in [-0.05, 0) is 39.0 Å². The first kappa shape index (κ1) is 12.7. The Bertz CT molecular complexity index is 461. The van der Waals surface area contributed by atoms with Crippen molar-refractivity contribution in [1.29, 1.82) is 0 Å². The summed E-state index contributed by atoms with van der Waals surface area (Å²) in [6.45, 7) is 2.68. The Morgan fingerprint density at radius 3 is 2.53 bits per heavy atom. The van der Waals surface area contributed by atoms with Crippen LogP contribution in [0.15, 0.2) is 11.3 Å². The molecule has 0 radical (unpaired) electrons. The number of amides is 1. The van der Waals surface area contributed by atoms with Crippen LogP contribution in [-0.2, 0) is 14.3 Å². The van der Waals surface area contributed by atoms with Gasteiger partial charge in [-0.3, -0.25) is 4.79 Å². The zero-order valence-corrected chi connectivity index (χ0v) is 11.3. The summed E-state index contributed by atoms with van der Waals surface area (Å²) in [6.07, 6.45) is 4.48. The fourth-order valence-corrected chi connectivity index (χ4v) is 3.48. The maximum absolute atomic E-state index is 12.7. The molecule has 1 aliphatic carbocycles. The molecule has 0 bridgehead atoms. The van der Waals surface area contributed by atoms with Crippen molar-refractivity contribution in [3.8, 4) is 0 Å². The SMILES string of the molecule is CC1=C(N2CC[C@]3(CC[C@@H](N)CC3)C2=O)COC1=O. The summed E-state index contributed by atoms with van der Waals surface area (Å²) in [6, 6.07) is 0.241. The molecule has 3 aliphatic rings. The summed E-state index contributed by atoms with van der Waals surface area (Å²) in [5, 5.41) is 0. The van der Waals surface area contributed by atoms with Crippen LogP contribution in [0.4, 0.5) is 0 Å². The van der Waals surface area contributed by atoms with Gasteiger partial charge in [-0.1, -0.05) is 0 Å². The topological polar surface area (TPSA) is 72.6 Å². The molecule has 3 rings (SSSR count). The molecule has 2 heterocycles. The number of hydrogen-bond donors (Lipinski definition) is 1. The Balaban J connectivity index is 1.81. The van der Waals surface area contributed by atoms with Crippen molar-refractivity contribution < 1.29 is 14.3 Å². The zero-order valence-electron chi connectivity index (χ0n) is 11.3. The lowest BCUT2D eigenvalue weighted by Crippen LogP contribution is -2.40. The van der Waals surface area contributed by atoms with Crippen molar-refractivity contribution in [1.82, 2.24) is 4.90 Å². The monoisotopic (exact) mass is 264 g/mol. The fourth-order valence-electron chi connectivity index (χ4n) is 3.48. The Morgan fingerprint density at radius 2 is 1.95 bits per heavy atom. The number of hydrogen-bond acceptors (Lipinski definition) is 4. The summed E-state index contributed by atoms with van der Waals surface area (Å²) in [7, 11) is 0. The number of carbonyl (C=O) groups is 2. The van der Waals surface area contributed by atoms with Crippen LogP contribution in [0.2, 0.25) is 0 Å². The number of cyclic esters (lactones) is 1. The van der Waals surface area contributed by atoms with Gasteiger partial charge in [-0.25, -0.2) is 4.79 Å². The Morgan fingerprint density at radius 1 is 1.26 bits per heavy atom. The van der Waals surface area contributed by atoms with Crippen molar-refractivity contribution in [2.75, 3.05) is 13.2 Å². The summed E-state index contributed by atoms with van der Waals surface area (Å²) < 4.78 is 5.00. The number of likely N-dealkylation sites (tertiary alicyclic amines) is 1. The van der Waals surface area contributed by atoms with E-state index in [9.17, 15) is 9.59 Å². The standard InChI is InChI=1S/C14H20N2O3/c1-9-11(8-19-12(9)17)16-7-6-14(13(16)18)4-2-10(15)3-5-14/h10H,2-8,15H2,1H3/t10-,14-. The highest BCUT2D eigenvalue weighted by Crippen LogP contribution is 2.46. The van der Waals surface area contributed by atoms with E-state index in [0.717, 1.165) is 37.8 Å². The van der Waals surface area contributed by atoms with Gasteiger partial charge in [0.15, 0.2) is 0 Å². The van der Waals surface area contributed by atoms with Crippen LogP contribution in [0.25, 0.3) is 0 Å². The number of rotatable bonds is 1. The van der Waals surface area contributed by atoms with Crippen molar-refractivity contribution in [2.24, 2.45) is 11.1 Å². The molecule has 0 atom stereocenters. The molecule has 0 aromatic rings. The molecule has 0 aromatic carbocycles. The second-order valence-corrected chi connectivity index (χ2v) is 5.97. The maximum atomic E-state index is 12.7. The predicted molar refractivity (Wildman–Crippen MR) is 68.9 cm³/mol. The molecule has 1 saturated heterocycles. The van der Waals surface area contributed by atoms with Crippen molar-refractivity contribution in [3.63, 3.8) is 0 Å². The smallest absolute Gasteiger partial charge is 0.336 e. The van der Waals surface area contributed by atoms with E-state index in [-0.39, 0.29) is 29.9 Å². The highest BCUT2D eigenvalue weighted by molar-refractivity contribution is 5.94. The minimum absolute atomic E-state index is 0.173. The Labute approximate surface area is 112 Å². The molecule has 2 aliphatic heterocycles. The van der Waals surface area contributed by atoms with E-state index < -0.39 is 0 Å². The van der Waals surface area contributed by atoms with Gasteiger partial charge in [0.2, 0.25) is 5.91 Å². The molecule has 1 saturated carbocycles. The number of ether oxygens (including phenoxy) is 1. The highest BCUT2D eigenvalue weighted by Gasteiger charge is 2.49. The molecule has 19 heavy (non-hydrogen) atoms. The van der Waals surface area contributed by atoms with E-state index in [4.69, 9.17) is 10.5 Å². The second kappa shape index (κ2) is 4.34. The maximum Gasteiger partial charge on any atom is 0.336 e. The number of esters is 1. The van der Waals surface area contributed by atoms with Crippen LogP contribution in [0, 0.1) is 5.41 Å². The fraction of sp³-hybridized carbons (Fsp3) is 0.714. The van der Waals surface area contributed by atoms with Crippen molar-refractivity contribution in [3.05, 3.63) is 11.3 Å². The van der Waals surface area contributed by atoms with Gasteiger partial charge >= 0.3 is 5.97 Å². The first-order chi connectivity index (χ1) is 9.03. The van der Waals surface area contributed by atoms with E-state index in [1.165, 1.54) is 0 Å². The van der Waals surface area contributed by atoms with Gasteiger partial charge in [-0.2, -0.15) is 0 Å². The molecule has 0 unspecified atom stereocenters. The third-order valence-electron chi connectivity index (χ3n) is 4.91. The van der Waals surface area contributed by atoms with E-state index in [1.54, 1.807) is 11.8 Å². The molecule has 5 nitrogen and oxygen atoms in total. The van der Waals surface area contributed by atoms with Crippen LogP contribution < -0.4 is 5.73 Å². The van der Waals surface area contributed by atoms with Crippen molar-refractivity contribution in [2.45, 2.75) is 45.1 Å². The molecule has 1 amide bonds. The normalized spacial score (nSPS) is 35.5. The molecule has 1 spiro atoms. The summed E-state index contributed by atoms with van der Waals surface area (Å²) in [4.78, 5) is 25.9. The van der Waals surface area contributed by atoms with E-state index >= 15 is 0 Å². The molecule has 104 valence electrons. The molecule has 0 aromatic heterocycles. The van der Waals surface area contributed by atoms with Gasteiger partial charge in [0.25, 0.3) is 0 Å². The van der Waals surface area contributed by atoms with Gasteiger partial charge in [0.05, 0.1) is 16.7 Å². The largest absolute Gasteiger partial charge is 0.456 e. The lowest BCUT2D eigenvalue weighted by Gasteiger charge is -2.34. The Hall–Kier alpha value is -1.36. The average Bonchev–Trinajstić information content (AvgIpc) is 2.88. The second-order valence-electron chi connectivity index (χ2n) is 5.97. The molecule has 2 N–H and O–H groups in total. The lowest BCUT2D eigenvalue weighted by molar-refractivity contribution is -0.138. The van der Waals surface area contributed by atoms with E-state index in [0.29, 0.717) is 12.1 Å². The van der Waals surface area contributed by atoms with Crippen LogP contribution in [-0.4, -0.2) is 36.0 Å². The minimum atomic E-state index is -0.297. The third kappa shape index (κ3) is 1.87. The first-order valence-electron chi connectivity index (χ1n) is 6.98. The van der Waals surface area contributed by atoms with Crippen LogP contribution >= 0.6 is 0 Å². The highest BCUT2D eigenvalue weighted by atomic mass is 16.5. The Kier molecular flexibility index (Phi) is 2.89. The number of nitrogens with two attached hydrogens (primary N) is 1. The zero-order chi connectivity index (χ0) is 13.6. The first-order valence-corrected chi connectivity index (χ1v) is 6.98. The quantitative estimate of drug-likeness (QED) is 0.715. The van der Waals surface area contributed by atoms with Crippen LogP contribution in [0.3, 0.4) is 0 Å². The molecule has 5 heteroatoms. The van der Waals surface area contributed by atoms with Gasteiger partial charge in [0.1, 0.15) is 6.61 Å².